The second-order valence-electron chi connectivity index (χ2n) is 6.23. The van der Waals surface area contributed by atoms with E-state index in [1.807, 2.05) is 48.0 Å². The summed E-state index contributed by atoms with van der Waals surface area (Å²) in [4.78, 5) is 16.7. The summed E-state index contributed by atoms with van der Waals surface area (Å²) >= 11 is 0. The number of pyridine rings is 1. The number of amides is 2. The third-order valence-corrected chi connectivity index (χ3v) is 4.18. The summed E-state index contributed by atoms with van der Waals surface area (Å²) in [5, 5.41) is 5.18. The van der Waals surface area contributed by atoms with Gasteiger partial charge >= 0.3 is 6.03 Å². The maximum Gasteiger partial charge on any atom is 0.323 e. The van der Waals surface area contributed by atoms with E-state index in [0.29, 0.717) is 5.69 Å². The molecule has 5 nitrogen and oxygen atoms in total. The molecule has 2 aromatic carbocycles. The van der Waals surface area contributed by atoms with Crippen LogP contribution in [-0.4, -0.2) is 15.4 Å². The van der Waals surface area contributed by atoms with Gasteiger partial charge in [-0.2, -0.15) is 0 Å². The van der Waals surface area contributed by atoms with Crippen molar-refractivity contribution >= 4 is 23.1 Å². The quantitative estimate of drug-likeness (QED) is 0.534. The highest BCUT2D eigenvalue weighted by molar-refractivity contribution is 5.99. The van der Waals surface area contributed by atoms with Crippen LogP contribution < -0.4 is 10.6 Å². The van der Waals surface area contributed by atoms with Gasteiger partial charge in [-0.05, 0) is 48.9 Å². The zero-order valence-corrected chi connectivity index (χ0v) is 14.6. The standard InChI is InChI=1S/C21H17FN4O/c1-14-10-11-26-13-19(24-20(26)12-14)15-6-8-16(9-7-15)23-21(27)25-18-5-3-2-4-17(18)22/h2-13H,1H3,(H2,23,25,27). The summed E-state index contributed by atoms with van der Waals surface area (Å²) in [7, 11) is 0. The lowest BCUT2D eigenvalue weighted by Gasteiger charge is -2.08. The molecule has 0 radical (unpaired) electrons. The van der Waals surface area contributed by atoms with E-state index in [0.717, 1.165) is 22.5 Å². The van der Waals surface area contributed by atoms with Gasteiger partial charge in [0.25, 0.3) is 0 Å². The number of urea groups is 1. The highest BCUT2D eigenvalue weighted by atomic mass is 19.1. The van der Waals surface area contributed by atoms with Crippen LogP contribution in [0, 0.1) is 12.7 Å². The topological polar surface area (TPSA) is 58.4 Å². The molecule has 2 aromatic heterocycles. The van der Waals surface area contributed by atoms with Gasteiger partial charge in [0.2, 0.25) is 0 Å². The molecular formula is C21H17FN4O. The molecule has 0 atom stereocenters. The van der Waals surface area contributed by atoms with E-state index in [9.17, 15) is 9.18 Å². The van der Waals surface area contributed by atoms with Crippen LogP contribution in [0.25, 0.3) is 16.9 Å². The highest BCUT2D eigenvalue weighted by Crippen LogP contribution is 2.22. The Labute approximate surface area is 155 Å². The molecule has 0 aliphatic heterocycles. The van der Waals surface area contributed by atoms with Gasteiger partial charge in [0.1, 0.15) is 11.5 Å². The minimum atomic E-state index is -0.504. The predicted octanol–water partition coefficient (Wildman–Crippen LogP) is 5.09. The SMILES string of the molecule is Cc1ccn2cc(-c3ccc(NC(=O)Nc4ccccc4F)cc3)nc2c1. The Morgan fingerprint density at radius 1 is 1.04 bits per heavy atom. The molecule has 4 aromatic rings. The number of aromatic nitrogens is 2. The molecule has 6 heteroatoms. The fraction of sp³-hybridized carbons (Fsp3) is 0.0476. The molecule has 27 heavy (non-hydrogen) atoms. The van der Waals surface area contributed by atoms with Crippen molar-refractivity contribution in [2.24, 2.45) is 0 Å². The second kappa shape index (κ2) is 6.92. The number of hydrogen-bond acceptors (Lipinski definition) is 2. The van der Waals surface area contributed by atoms with Crippen molar-refractivity contribution in [2.45, 2.75) is 6.92 Å². The van der Waals surface area contributed by atoms with E-state index in [1.54, 1.807) is 24.3 Å². The van der Waals surface area contributed by atoms with Gasteiger partial charge in [0, 0.05) is 23.6 Å². The van der Waals surface area contributed by atoms with E-state index < -0.39 is 11.8 Å². The number of halogens is 1. The highest BCUT2D eigenvalue weighted by Gasteiger charge is 2.08. The van der Waals surface area contributed by atoms with Crippen LogP contribution >= 0.6 is 0 Å². The molecule has 134 valence electrons. The van der Waals surface area contributed by atoms with Crippen LogP contribution in [0.4, 0.5) is 20.6 Å². The zero-order chi connectivity index (χ0) is 18.8. The van der Waals surface area contributed by atoms with Crippen molar-refractivity contribution in [2.75, 3.05) is 10.6 Å². The van der Waals surface area contributed by atoms with Crippen molar-refractivity contribution in [3.63, 3.8) is 0 Å². The Morgan fingerprint density at radius 2 is 1.81 bits per heavy atom. The van der Waals surface area contributed by atoms with Gasteiger partial charge in [-0.25, -0.2) is 14.2 Å². The number of carbonyl (C=O) groups is 1. The first kappa shape index (κ1) is 16.8. The number of aryl methyl sites for hydroxylation is 1. The van der Waals surface area contributed by atoms with Gasteiger partial charge in [-0.1, -0.05) is 24.3 Å². The van der Waals surface area contributed by atoms with Gasteiger partial charge in [0.15, 0.2) is 0 Å². The van der Waals surface area contributed by atoms with Crippen molar-refractivity contribution in [1.29, 1.82) is 0 Å². The fourth-order valence-corrected chi connectivity index (χ4v) is 2.79. The lowest BCUT2D eigenvalue weighted by molar-refractivity contribution is 0.262. The van der Waals surface area contributed by atoms with Crippen molar-refractivity contribution in [3.8, 4) is 11.3 Å². The minimum absolute atomic E-state index is 0.131. The summed E-state index contributed by atoms with van der Waals surface area (Å²) in [6.45, 7) is 2.03. The van der Waals surface area contributed by atoms with Crippen LogP contribution in [0.15, 0.2) is 73.1 Å². The molecular weight excluding hydrogens is 343 g/mol. The third kappa shape index (κ3) is 3.64. The monoisotopic (exact) mass is 360 g/mol. The lowest BCUT2D eigenvalue weighted by atomic mass is 10.1. The zero-order valence-electron chi connectivity index (χ0n) is 14.6. The summed E-state index contributed by atoms with van der Waals surface area (Å²) in [5.41, 5.74) is 4.56. The number of para-hydroxylation sites is 1. The van der Waals surface area contributed by atoms with Crippen LogP contribution in [0.3, 0.4) is 0 Å². The molecule has 0 bridgehead atoms. The molecule has 2 amide bonds. The number of nitrogens with one attached hydrogen (secondary N) is 2. The number of carbonyl (C=O) groups excluding carboxylic acids is 1. The van der Waals surface area contributed by atoms with Crippen molar-refractivity contribution in [3.05, 3.63) is 84.4 Å². The van der Waals surface area contributed by atoms with Gasteiger partial charge < -0.3 is 15.0 Å². The van der Waals surface area contributed by atoms with Gasteiger partial charge in [0.05, 0.1) is 11.4 Å². The number of benzene rings is 2. The fourth-order valence-electron chi connectivity index (χ4n) is 2.79. The molecule has 0 saturated carbocycles. The molecule has 0 spiro atoms. The number of fused-ring (bicyclic) bond motifs is 1. The number of anilines is 2. The van der Waals surface area contributed by atoms with E-state index >= 15 is 0 Å². The first-order valence-electron chi connectivity index (χ1n) is 8.47. The van der Waals surface area contributed by atoms with Crippen LogP contribution in [0.5, 0.6) is 0 Å². The van der Waals surface area contributed by atoms with Crippen molar-refractivity contribution in [1.82, 2.24) is 9.38 Å². The summed E-state index contributed by atoms with van der Waals surface area (Å²) in [6.07, 6.45) is 3.94. The lowest BCUT2D eigenvalue weighted by Crippen LogP contribution is -2.20. The molecule has 0 fully saturated rings. The van der Waals surface area contributed by atoms with E-state index in [1.165, 1.54) is 12.1 Å². The number of rotatable bonds is 3. The summed E-state index contributed by atoms with van der Waals surface area (Å²) in [6, 6.07) is 16.9. The van der Waals surface area contributed by atoms with Crippen LogP contribution in [0.1, 0.15) is 5.56 Å². The van der Waals surface area contributed by atoms with Crippen LogP contribution in [-0.2, 0) is 0 Å². The molecule has 0 unspecified atom stereocenters. The summed E-state index contributed by atoms with van der Waals surface area (Å²) in [5.74, 6) is -0.481. The maximum atomic E-state index is 13.6. The van der Waals surface area contributed by atoms with E-state index in [2.05, 4.69) is 15.6 Å². The first-order chi connectivity index (χ1) is 13.1. The Hall–Kier alpha value is -3.67. The predicted molar refractivity (Wildman–Crippen MR) is 104 cm³/mol. The molecule has 0 saturated heterocycles. The van der Waals surface area contributed by atoms with Crippen molar-refractivity contribution < 1.29 is 9.18 Å². The van der Waals surface area contributed by atoms with Crippen LogP contribution in [0.2, 0.25) is 0 Å². The number of imidazole rings is 1. The maximum absolute atomic E-state index is 13.6. The Kier molecular flexibility index (Phi) is 4.30. The Morgan fingerprint density at radius 3 is 2.59 bits per heavy atom. The molecule has 2 N–H and O–H groups in total. The third-order valence-electron chi connectivity index (χ3n) is 4.18. The molecule has 0 aliphatic carbocycles. The molecule has 2 heterocycles. The Bertz CT molecular complexity index is 1120. The first-order valence-corrected chi connectivity index (χ1v) is 8.47. The van der Waals surface area contributed by atoms with Gasteiger partial charge in [-0.3, -0.25) is 0 Å². The van der Waals surface area contributed by atoms with E-state index in [4.69, 9.17) is 0 Å². The van der Waals surface area contributed by atoms with Gasteiger partial charge in [-0.15, -0.1) is 0 Å². The summed E-state index contributed by atoms with van der Waals surface area (Å²) < 4.78 is 15.6. The molecule has 0 aliphatic rings. The number of nitrogens with zero attached hydrogens (tertiary/aromatic N) is 2. The smallest absolute Gasteiger partial charge is 0.308 e. The normalized spacial score (nSPS) is 10.7. The Balaban J connectivity index is 1.48. The number of hydrogen-bond donors (Lipinski definition) is 2. The van der Waals surface area contributed by atoms with E-state index in [-0.39, 0.29) is 5.69 Å². The molecule has 4 rings (SSSR count). The average molecular weight is 360 g/mol. The second-order valence-corrected chi connectivity index (χ2v) is 6.23. The minimum Gasteiger partial charge on any atom is -0.308 e. The largest absolute Gasteiger partial charge is 0.323 e. The average Bonchev–Trinajstić information content (AvgIpc) is 3.07.